The zero-order chi connectivity index (χ0) is 11.3. The van der Waals surface area contributed by atoms with E-state index in [0.717, 1.165) is 19.4 Å². The lowest BCUT2D eigenvalue weighted by Gasteiger charge is -2.14. The standard InChI is InChI=1S/C11H20N2O2/c1-2-3-9(6-10(12)14)11(15)13-7-8-4-5-8/h8-9H,2-7H2,1H3,(H2,12,14)(H,13,15). The van der Waals surface area contributed by atoms with E-state index in [4.69, 9.17) is 5.73 Å². The highest BCUT2D eigenvalue weighted by molar-refractivity contribution is 5.85. The van der Waals surface area contributed by atoms with E-state index in [9.17, 15) is 9.59 Å². The maximum Gasteiger partial charge on any atom is 0.223 e. The molecule has 2 amide bonds. The summed E-state index contributed by atoms with van der Waals surface area (Å²) in [6.45, 7) is 2.76. The van der Waals surface area contributed by atoms with Crippen LogP contribution in [0, 0.1) is 11.8 Å². The molecule has 1 saturated carbocycles. The Bertz CT molecular complexity index is 237. The van der Waals surface area contributed by atoms with Crippen LogP contribution in [0.2, 0.25) is 0 Å². The first-order valence-electron chi connectivity index (χ1n) is 5.69. The van der Waals surface area contributed by atoms with Crippen molar-refractivity contribution in [2.24, 2.45) is 17.6 Å². The number of hydrogen-bond acceptors (Lipinski definition) is 2. The van der Waals surface area contributed by atoms with Gasteiger partial charge < -0.3 is 11.1 Å². The first kappa shape index (κ1) is 12.0. The van der Waals surface area contributed by atoms with E-state index in [0.29, 0.717) is 5.92 Å². The molecule has 4 heteroatoms. The third-order valence-electron chi connectivity index (χ3n) is 2.72. The van der Waals surface area contributed by atoms with Crippen LogP contribution >= 0.6 is 0 Å². The lowest BCUT2D eigenvalue weighted by Crippen LogP contribution is -2.34. The lowest BCUT2D eigenvalue weighted by atomic mass is 9.98. The van der Waals surface area contributed by atoms with Gasteiger partial charge in [0.15, 0.2) is 0 Å². The van der Waals surface area contributed by atoms with Crippen molar-refractivity contribution in [2.75, 3.05) is 6.54 Å². The van der Waals surface area contributed by atoms with Crippen molar-refractivity contribution in [2.45, 2.75) is 39.0 Å². The van der Waals surface area contributed by atoms with E-state index in [-0.39, 0.29) is 18.2 Å². The Labute approximate surface area is 90.6 Å². The Kier molecular flexibility index (Phi) is 4.59. The summed E-state index contributed by atoms with van der Waals surface area (Å²) in [6, 6.07) is 0. The Morgan fingerprint density at radius 1 is 1.47 bits per heavy atom. The maximum absolute atomic E-state index is 11.7. The zero-order valence-corrected chi connectivity index (χ0v) is 9.29. The molecule has 0 aromatic rings. The molecule has 86 valence electrons. The number of nitrogens with two attached hydrogens (primary N) is 1. The summed E-state index contributed by atoms with van der Waals surface area (Å²) in [5, 5.41) is 2.89. The van der Waals surface area contributed by atoms with E-state index in [1.807, 2.05) is 6.92 Å². The number of rotatable bonds is 7. The van der Waals surface area contributed by atoms with Crippen molar-refractivity contribution in [1.82, 2.24) is 5.32 Å². The largest absolute Gasteiger partial charge is 0.370 e. The van der Waals surface area contributed by atoms with Gasteiger partial charge in [0.1, 0.15) is 0 Å². The third-order valence-corrected chi connectivity index (χ3v) is 2.72. The molecule has 0 heterocycles. The molecular weight excluding hydrogens is 192 g/mol. The Hall–Kier alpha value is -1.06. The Morgan fingerprint density at radius 3 is 2.60 bits per heavy atom. The number of nitrogens with one attached hydrogen (secondary N) is 1. The van der Waals surface area contributed by atoms with Gasteiger partial charge in [-0.25, -0.2) is 0 Å². The monoisotopic (exact) mass is 212 g/mol. The van der Waals surface area contributed by atoms with Crippen LogP contribution in [0.15, 0.2) is 0 Å². The number of carbonyl (C=O) groups excluding carboxylic acids is 2. The van der Waals surface area contributed by atoms with Crippen LogP contribution in [-0.4, -0.2) is 18.4 Å². The minimum atomic E-state index is -0.393. The molecule has 1 aliphatic rings. The third kappa shape index (κ3) is 4.81. The van der Waals surface area contributed by atoms with Crippen molar-refractivity contribution in [3.63, 3.8) is 0 Å². The minimum Gasteiger partial charge on any atom is -0.370 e. The summed E-state index contributed by atoms with van der Waals surface area (Å²) in [4.78, 5) is 22.5. The normalized spacial score (nSPS) is 17.1. The van der Waals surface area contributed by atoms with E-state index in [1.165, 1.54) is 12.8 Å². The van der Waals surface area contributed by atoms with Gasteiger partial charge in [-0.2, -0.15) is 0 Å². The predicted octanol–water partition coefficient (Wildman–Crippen LogP) is 0.804. The highest BCUT2D eigenvalue weighted by Crippen LogP contribution is 2.27. The molecule has 0 aromatic heterocycles. The van der Waals surface area contributed by atoms with Gasteiger partial charge in [0, 0.05) is 18.9 Å². The molecule has 1 unspecified atom stereocenters. The predicted molar refractivity (Wildman–Crippen MR) is 57.9 cm³/mol. The number of primary amides is 1. The maximum atomic E-state index is 11.7. The molecule has 0 bridgehead atoms. The number of carbonyl (C=O) groups is 2. The summed E-state index contributed by atoms with van der Waals surface area (Å²) in [6.07, 6.45) is 4.24. The molecule has 0 aromatic carbocycles. The molecule has 0 aliphatic heterocycles. The van der Waals surface area contributed by atoms with Crippen molar-refractivity contribution in [3.05, 3.63) is 0 Å². The SMILES string of the molecule is CCCC(CC(N)=O)C(=O)NCC1CC1. The van der Waals surface area contributed by atoms with Gasteiger partial charge in [-0.1, -0.05) is 13.3 Å². The van der Waals surface area contributed by atoms with E-state index < -0.39 is 5.91 Å². The molecule has 0 spiro atoms. The summed E-state index contributed by atoms with van der Waals surface area (Å²) < 4.78 is 0. The van der Waals surface area contributed by atoms with Crippen LogP contribution in [0.4, 0.5) is 0 Å². The average Bonchev–Trinajstić information content (AvgIpc) is 2.96. The molecule has 1 atom stereocenters. The van der Waals surface area contributed by atoms with Crippen LogP contribution in [-0.2, 0) is 9.59 Å². The first-order valence-corrected chi connectivity index (χ1v) is 5.69. The molecule has 1 rings (SSSR count). The van der Waals surface area contributed by atoms with Crippen LogP contribution < -0.4 is 11.1 Å². The first-order chi connectivity index (χ1) is 7.13. The molecule has 1 fully saturated rings. The van der Waals surface area contributed by atoms with Crippen LogP contribution in [0.5, 0.6) is 0 Å². The molecule has 1 aliphatic carbocycles. The summed E-state index contributed by atoms with van der Waals surface area (Å²) in [5.41, 5.74) is 5.11. The molecule has 0 radical (unpaired) electrons. The van der Waals surface area contributed by atoms with Gasteiger partial charge in [-0.15, -0.1) is 0 Å². The highest BCUT2D eigenvalue weighted by atomic mass is 16.2. The van der Waals surface area contributed by atoms with Crippen LogP contribution in [0.3, 0.4) is 0 Å². The van der Waals surface area contributed by atoms with Crippen molar-refractivity contribution in [1.29, 1.82) is 0 Å². The number of hydrogen-bond donors (Lipinski definition) is 2. The van der Waals surface area contributed by atoms with Gasteiger partial charge in [0.25, 0.3) is 0 Å². The van der Waals surface area contributed by atoms with Gasteiger partial charge in [0.2, 0.25) is 11.8 Å². The summed E-state index contributed by atoms with van der Waals surface area (Å²) in [5.74, 6) is 0.0358. The van der Waals surface area contributed by atoms with Gasteiger partial charge in [0.05, 0.1) is 0 Å². The fourth-order valence-corrected chi connectivity index (χ4v) is 1.63. The fraction of sp³-hybridized carbons (Fsp3) is 0.818. The lowest BCUT2D eigenvalue weighted by molar-refractivity contribution is -0.129. The summed E-state index contributed by atoms with van der Waals surface area (Å²) >= 11 is 0. The van der Waals surface area contributed by atoms with Gasteiger partial charge in [-0.3, -0.25) is 9.59 Å². The summed E-state index contributed by atoms with van der Waals surface area (Å²) in [7, 11) is 0. The molecule has 0 saturated heterocycles. The van der Waals surface area contributed by atoms with Crippen molar-refractivity contribution < 1.29 is 9.59 Å². The van der Waals surface area contributed by atoms with E-state index >= 15 is 0 Å². The quantitative estimate of drug-likeness (QED) is 0.655. The van der Waals surface area contributed by atoms with Crippen molar-refractivity contribution in [3.8, 4) is 0 Å². The molecule has 4 nitrogen and oxygen atoms in total. The Balaban J connectivity index is 2.30. The fourth-order valence-electron chi connectivity index (χ4n) is 1.63. The van der Waals surface area contributed by atoms with Gasteiger partial charge >= 0.3 is 0 Å². The van der Waals surface area contributed by atoms with Crippen LogP contribution in [0.25, 0.3) is 0 Å². The second-order valence-electron chi connectivity index (χ2n) is 4.34. The zero-order valence-electron chi connectivity index (χ0n) is 9.29. The number of amides is 2. The smallest absolute Gasteiger partial charge is 0.223 e. The molecular formula is C11H20N2O2. The average molecular weight is 212 g/mol. The minimum absolute atomic E-state index is 0.0115. The Morgan fingerprint density at radius 2 is 2.13 bits per heavy atom. The molecule has 15 heavy (non-hydrogen) atoms. The van der Waals surface area contributed by atoms with E-state index in [2.05, 4.69) is 5.32 Å². The van der Waals surface area contributed by atoms with E-state index in [1.54, 1.807) is 0 Å². The highest BCUT2D eigenvalue weighted by Gasteiger charge is 2.24. The van der Waals surface area contributed by atoms with Crippen LogP contribution in [0.1, 0.15) is 39.0 Å². The second-order valence-corrected chi connectivity index (χ2v) is 4.34. The van der Waals surface area contributed by atoms with Gasteiger partial charge in [-0.05, 0) is 25.2 Å². The van der Waals surface area contributed by atoms with Crippen molar-refractivity contribution >= 4 is 11.8 Å². The molecule has 3 N–H and O–H groups in total. The topological polar surface area (TPSA) is 72.2 Å². The second kappa shape index (κ2) is 5.73.